The molecule has 1 fully saturated rings. The Morgan fingerprint density at radius 2 is 1.96 bits per heavy atom. The quantitative estimate of drug-likeness (QED) is 0.421. The number of aryl methyl sites for hydroxylation is 1. The molecule has 3 rings (SSSR count). The van der Waals surface area contributed by atoms with E-state index in [1.165, 1.54) is 16.8 Å². The third-order valence-electron chi connectivity index (χ3n) is 4.80. The van der Waals surface area contributed by atoms with Gasteiger partial charge in [0.1, 0.15) is 12.7 Å². The minimum Gasteiger partial charge on any atom is -0.368 e. The van der Waals surface area contributed by atoms with E-state index in [1.54, 1.807) is 12.7 Å². The lowest BCUT2D eigenvalue weighted by molar-refractivity contribution is 0.371. The van der Waals surface area contributed by atoms with E-state index in [0.29, 0.717) is 0 Å². The number of guanidine groups is 1. The predicted octanol–water partition coefficient (Wildman–Crippen LogP) is 1.91. The summed E-state index contributed by atoms with van der Waals surface area (Å²) in [4.78, 5) is 13.2. The Morgan fingerprint density at radius 1 is 1.19 bits per heavy atom. The van der Waals surface area contributed by atoms with Crippen molar-refractivity contribution in [2.24, 2.45) is 4.99 Å². The van der Waals surface area contributed by atoms with Crippen molar-refractivity contribution in [2.45, 2.75) is 20.4 Å². The number of halogens is 1. The molecule has 8 heteroatoms. The molecule has 1 aliphatic heterocycles. The summed E-state index contributed by atoms with van der Waals surface area (Å²) in [5, 5.41) is 7.54. The van der Waals surface area contributed by atoms with Crippen molar-refractivity contribution in [2.75, 3.05) is 44.7 Å². The van der Waals surface area contributed by atoms with Gasteiger partial charge in [-0.25, -0.2) is 4.98 Å². The first-order valence-electron chi connectivity index (χ1n) is 8.78. The lowest BCUT2D eigenvalue weighted by atomic mass is 10.1. The van der Waals surface area contributed by atoms with Gasteiger partial charge in [-0.3, -0.25) is 9.67 Å². The SMILES string of the molecule is CN=C(NCCn1cncn1)N1CCN(c2cccc(C)c2C)CC1.I. The number of aliphatic imine (C=N–C) groups is 1. The molecule has 2 heterocycles. The maximum atomic E-state index is 4.43. The molecule has 0 aliphatic carbocycles. The maximum absolute atomic E-state index is 4.43. The number of rotatable bonds is 4. The van der Waals surface area contributed by atoms with Gasteiger partial charge in [-0.2, -0.15) is 5.10 Å². The van der Waals surface area contributed by atoms with Crippen LogP contribution in [0.2, 0.25) is 0 Å². The van der Waals surface area contributed by atoms with Gasteiger partial charge in [-0.15, -0.1) is 24.0 Å². The zero-order valence-corrected chi connectivity index (χ0v) is 18.1. The Bertz CT molecular complexity index is 706. The Morgan fingerprint density at radius 3 is 2.62 bits per heavy atom. The molecule has 0 amide bonds. The average Bonchev–Trinajstić information content (AvgIpc) is 3.15. The third kappa shape index (κ3) is 4.87. The Hall–Kier alpha value is -1.84. The Labute approximate surface area is 172 Å². The molecule has 2 aromatic rings. The van der Waals surface area contributed by atoms with Crippen LogP contribution in [0.15, 0.2) is 35.8 Å². The largest absolute Gasteiger partial charge is 0.368 e. The van der Waals surface area contributed by atoms with E-state index in [9.17, 15) is 0 Å². The molecule has 0 radical (unpaired) electrons. The van der Waals surface area contributed by atoms with E-state index >= 15 is 0 Å². The topological polar surface area (TPSA) is 61.6 Å². The summed E-state index contributed by atoms with van der Waals surface area (Å²) in [6.07, 6.45) is 3.29. The first-order valence-corrected chi connectivity index (χ1v) is 8.78. The minimum atomic E-state index is 0. The van der Waals surface area contributed by atoms with Gasteiger partial charge >= 0.3 is 0 Å². The van der Waals surface area contributed by atoms with Crippen molar-refractivity contribution in [3.8, 4) is 0 Å². The molecular weight excluding hydrogens is 441 g/mol. The summed E-state index contributed by atoms with van der Waals surface area (Å²) < 4.78 is 1.82. The highest BCUT2D eigenvalue weighted by molar-refractivity contribution is 14.0. The molecule has 0 bridgehead atoms. The smallest absolute Gasteiger partial charge is 0.193 e. The Balaban J connectivity index is 0.00000243. The number of nitrogens with one attached hydrogen (secondary N) is 1. The van der Waals surface area contributed by atoms with E-state index in [1.807, 2.05) is 11.7 Å². The average molecular weight is 469 g/mol. The molecule has 26 heavy (non-hydrogen) atoms. The number of aromatic nitrogens is 3. The van der Waals surface area contributed by atoms with Crippen LogP contribution in [0.5, 0.6) is 0 Å². The van der Waals surface area contributed by atoms with Crippen LogP contribution in [0.4, 0.5) is 5.69 Å². The highest BCUT2D eigenvalue weighted by atomic mass is 127. The lowest BCUT2D eigenvalue weighted by Gasteiger charge is -2.38. The van der Waals surface area contributed by atoms with Crippen molar-refractivity contribution in [1.82, 2.24) is 25.0 Å². The van der Waals surface area contributed by atoms with Crippen molar-refractivity contribution in [3.63, 3.8) is 0 Å². The van der Waals surface area contributed by atoms with Crippen LogP contribution < -0.4 is 10.2 Å². The van der Waals surface area contributed by atoms with Crippen LogP contribution in [-0.4, -0.2) is 65.4 Å². The van der Waals surface area contributed by atoms with E-state index in [2.05, 4.69) is 62.2 Å². The monoisotopic (exact) mass is 469 g/mol. The van der Waals surface area contributed by atoms with Gasteiger partial charge in [0.25, 0.3) is 0 Å². The van der Waals surface area contributed by atoms with Crippen LogP contribution in [0.25, 0.3) is 0 Å². The molecular formula is C18H28IN7. The summed E-state index contributed by atoms with van der Waals surface area (Å²) in [7, 11) is 1.84. The molecule has 7 nitrogen and oxygen atoms in total. The minimum absolute atomic E-state index is 0. The highest BCUT2D eigenvalue weighted by Gasteiger charge is 2.20. The van der Waals surface area contributed by atoms with Gasteiger partial charge in [0.05, 0.1) is 6.54 Å². The third-order valence-corrected chi connectivity index (χ3v) is 4.80. The zero-order valence-electron chi connectivity index (χ0n) is 15.7. The fourth-order valence-electron chi connectivity index (χ4n) is 3.20. The van der Waals surface area contributed by atoms with E-state index in [0.717, 1.165) is 45.2 Å². The van der Waals surface area contributed by atoms with Crippen LogP contribution in [0.1, 0.15) is 11.1 Å². The second-order valence-corrected chi connectivity index (χ2v) is 6.33. The number of piperazine rings is 1. The van der Waals surface area contributed by atoms with Crippen LogP contribution >= 0.6 is 24.0 Å². The van der Waals surface area contributed by atoms with Crippen molar-refractivity contribution < 1.29 is 0 Å². The molecule has 1 saturated heterocycles. The zero-order chi connectivity index (χ0) is 17.6. The predicted molar refractivity (Wildman–Crippen MR) is 117 cm³/mol. The fraction of sp³-hybridized carbons (Fsp3) is 0.500. The molecule has 1 aromatic carbocycles. The first-order chi connectivity index (χ1) is 12.2. The van der Waals surface area contributed by atoms with Crippen LogP contribution in [-0.2, 0) is 6.54 Å². The second-order valence-electron chi connectivity index (χ2n) is 6.33. The maximum Gasteiger partial charge on any atom is 0.193 e. The molecule has 0 spiro atoms. The number of nitrogens with zero attached hydrogens (tertiary/aromatic N) is 6. The van der Waals surface area contributed by atoms with Gasteiger partial charge in [0.15, 0.2) is 5.96 Å². The summed E-state index contributed by atoms with van der Waals surface area (Å²) in [6.45, 7) is 9.90. The molecule has 0 atom stereocenters. The molecule has 1 N–H and O–H groups in total. The Kier molecular flexibility index (Phi) is 7.67. The van der Waals surface area contributed by atoms with Crippen LogP contribution in [0.3, 0.4) is 0 Å². The summed E-state index contributed by atoms with van der Waals surface area (Å²) in [6, 6.07) is 6.55. The van der Waals surface area contributed by atoms with Crippen molar-refractivity contribution in [1.29, 1.82) is 0 Å². The van der Waals surface area contributed by atoms with Crippen molar-refractivity contribution >= 4 is 35.6 Å². The normalized spacial score (nSPS) is 15.0. The standard InChI is InChI=1S/C18H27N7.HI/c1-15-5-4-6-17(16(15)2)23-9-11-24(12-10-23)18(19-3)21-7-8-25-14-20-13-22-25;/h4-6,13-14H,7-12H2,1-3H3,(H,19,21);1H. The van der Waals surface area contributed by atoms with E-state index in [4.69, 9.17) is 0 Å². The van der Waals surface area contributed by atoms with Gasteiger partial charge in [0.2, 0.25) is 0 Å². The van der Waals surface area contributed by atoms with E-state index < -0.39 is 0 Å². The number of benzene rings is 1. The molecule has 1 aromatic heterocycles. The number of anilines is 1. The number of hydrogen-bond acceptors (Lipinski definition) is 4. The summed E-state index contributed by atoms with van der Waals surface area (Å²) in [5.74, 6) is 0.959. The number of hydrogen-bond donors (Lipinski definition) is 1. The summed E-state index contributed by atoms with van der Waals surface area (Å²) >= 11 is 0. The van der Waals surface area contributed by atoms with Gasteiger partial charge in [-0.1, -0.05) is 12.1 Å². The van der Waals surface area contributed by atoms with E-state index in [-0.39, 0.29) is 24.0 Å². The van der Waals surface area contributed by atoms with Crippen LogP contribution in [0, 0.1) is 13.8 Å². The van der Waals surface area contributed by atoms with Crippen molar-refractivity contribution in [3.05, 3.63) is 42.0 Å². The second kappa shape index (κ2) is 9.75. The molecule has 0 saturated carbocycles. The molecule has 1 aliphatic rings. The van der Waals surface area contributed by atoms with Gasteiger partial charge in [0, 0.05) is 45.5 Å². The first kappa shape index (κ1) is 20.5. The lowest BCUT2D eigenvalue weighted by Crippen LogP contribution is -2.53. The molecule has 142 valence electrons. The highest BCUT2D eigenvalue weighted by Crippen LogP contribution is 2.23. The van der Waals surface area contributed by atoms with Gasteiger partial charge < -0.3 is 15.1 Å². The van der Waals surface area contributed by atoms with Gasteiger partial charge in [-0.05, 0) is 31.0 Å². The summed E-state index contributed by atoms with van der Waals surface area (Å²) in [5.41, 5.74) is 4.09. The molecule has 0 unspecified atom stereocenters. The fourth-order valence-corrected chi connectivity index (χ4v) is 3.20.